The normalized spacial score (nSPS) is 18.3. The van der Waals surface area contributed by atoms with Crippen molar-refractivity contribution in [2.24, 2.45) is 0 Å². The van der Waals surface area contributed by atoms with E-state index in [0.29, 0.717) is 17.8 Å². The van der Waals surface area contributed by atoms with Gasteiger partial charge >= 0.3 is 0 Å². The minimum absolute atomic E-state index is 0.353. The molecule has 0 radical (unpaired) electrons. The van der Waals surface area contributed by atoms with Crippen LogP contribution < -0.4 is 0 Å². The predicted octanol–water partition coefficient (Wildman–Crippen LogP) is 3.87. The van der Waals surface area contributed by atoms with Gasteiger partial charge in [-0.1, -0.05) is 24.3 Å². The Hall–Kier alpha value is -1.35. The lowest BCUT2D eigenvalue weighted by Crippen LogP contribution is -2.19. The molecule has 1 aromatic heterocycles. The molecule has 4 heteroatoms. The molecule has 1 aromatic carbocycles. The third kappa shape index (κ3) is 2.35. The molecule has 1 aliphatic carbocycles. The van der Waals surface area contributed by atoms with Gasteiger partial charge in [-0.15, -0.1) is 21.8 Å². The number of hydrogen-bond donors (Lipinski definition) is 0. The number of fused-ring (bicyclic) bond motifs is 1. The van der Waals surface area contributed by atoms with Crippen LogP contribution in [0.1, 0.15) is 55.0 Å². The summed E-state index contributed by atoms with van der Waals surface area (Å²) in [6.45, 7) is 4.33. The molecule has 0 fully saturated rings. The summed E-state index contributed by atoms with van der Waals surface area (Å²) in [7, 11) is 0. The van der Waals surface area contributed by atoms with Gasteiger partial charge in [0.2, 0.25) is 0 Å². The number of aromatic nitrogens is 3. The molecule has 0 aliphatic heterocycles. The fraction of sp³-hybridized carbons (Fsp3) is 0.500. The van der Waals surface area contributed by atoms with E-state index in [2.05, 4.69) is 52.9 Å². The highest BCUT2D eigenvalue weighted by Crippen LogP contribution is 2.33. The van der Waals surface area contributed by atoms with Crippen LogP contribution in [-0.4, -0.2) is 14.8 Å². The van der Waals surface area contributed by atoms with Gasteiger partial charge in [-0.3, -0.25) is 0 Å². The highest BCUT2D eigenvalue weighted by atomic mass is 35.5. The van der Waals surface area contributed by atoms with Crippen LogP contribution in [0.15, 0.2) is 24.3 Å². The van der Waals surface area contributed by atoms with E-state index in [1.807, 2.05) is 0 Å². The Balaban J connectivity index is 1.94. The van der Waals surface area contributed by atoms with Crippen molar-refractivity contribution in [2.75, 3.05) is 0 Å². The molecule has 0 saturated carbocycles. The molecular weight excluding hydrogens is 270 g/mol. The monoisotopic (exact) mass is 289 g/mol. The van der Waals surface area contributed by atoms with Gasteiger partial charge in [0.15, 0.2) is 0 Å². The summed E-state index contributed by atoms with van der Waals surface area (Å²) < 4.78 is 2.21. The van der Waals surface area contributed by atoms with Crippen LogP contribution in [0.25, 0.3) is 0 Å². The van der Waals surface area contributed by atoms with Crippen LogP contribution in [0.4, 0.5) is 0 Å². The Bertz CT molecular complexity index is 604. The molecule has 1 aliphatic rings. The molecule has 0 amide bonds. The zero-order valence-electron chi connectivity index (χ0n) is 12.0. The fourth-order valence-corrected chi connectivity index (χ4v) is 3.37. The van der Waals surface area contributed by atoms with E-state index in [1.165, 1.54) is 11.1 Å². The molecule has 0 bridgehead atoms. The quantitative estimate of drug-likeness (QED) is 0.803. The second-order valence-corrected chi connectivity index (χ2v) is 6.05. The first-order chi connectivity index (χ1) is 9.70. The van der Waals surface area contributed by atoms with Crippen molar-refractivity contribution >= 4 is 11.6 Å². The summed E-state index contributed by atoms with van der Waals surface area (Å²) in [5.41, 5.74) is 2.94. The summed E-state index contributed by atoms with van der Waals surface area (Å²) in [6.07, 6.45) is 3.33. The zero-order valence-corrected chi connectivity index (χ0v) is 12.8. The van der Waals surface area contributed by atoms with Crippen molar-refractivity contribution in [3.05, 3.63) is 47.0 Å². The Morgan fingerprint density at radius 2 is 2.00 bits per heavy atom. The average Bonchev–Trinajstić information content (AvgIpc) is 2.91. The highest BCUT2D eigenvalue weighted by Gasteiger charge is 2.26. The first-order valence-electron chi connectivity index (χ1n) is 7.27. The van der Waals surface area contributed by atoms with E-state index < -0.39 is 0 Å². The smallest absolute Gasteiger partial charge is 0.148 e. The highest BCUT2D eigenvalue weighted by molar-refractivity contribution is 6.16. The summed E-state index contributed by atoms with van der Waals surface area (Å²) in [4.78, 5) is 0. The first kappa shape index (κ1) is 13.6. The summed E-state index contributed by atoms with van der Waals surface area (Å²) in [5, 5.41) is 8.70. The number of rotatable bonds is 3. The van der Waals surface area contributed by atoms with Gasteiger partial charge in [0.25, 0.3) is 0 Å². The maximum absolute atomic E-state index is 5.99. The lowest BCUT2D eigenvalue weighted by molar-refractivity contribution is 0.482. The molecule has 1 unspecified atom stereocenters. The molecule has 2 aromatic rings. The van der Waals surface area contributed by atoms with Crippen LogP contribution in [0.5, 0.6) is 0 Å². The molecule has 3 nitrogen and oxygen atoms in total. The van der Waals surface area contributed by atoms with Gasteiger partial charge in [-0.2, -0.15) is 0 Å². The standard InChI is InChI=1S/C16H20ClN3/c1-11(2)20-15(10-17)18-19-16(20)14-8-7-12-5-3-4-6-13(12)9-14/h3-6,11,14H,7-10H2,1-2H3. The van der Waals surface area contributed by atoms with Crippen molar-refractivity contribution in [1.82, 2.24) is 14.8 Å². The molecule has 106 valence electrons. The van der Waals surface area contributed by atoms with Gasteiger partial charge in [-0.25, -0.2) is 0 Å². The van der Waals surface area contributed by atoms with Crippen molar-refractivity contribution in [1.29, 1.82) is 0 Å². The van der Waals surface area contributed by atoms with Crippen LogP contribution in [0.3, 0.4) is 0 Å². The van der Waals surface area contributed by atoms with Crippen molar-refractivity contribution in [3.63, 3.8) is 0 Å². The SMILES string of the molecule is CC(C)n1c(CCl)nnc1C1CCc2ccccc2C1. The lowest BCUT2D eigenvalue weighted by Gasteiger charge is -2.25. The van der Waals surface area contributed by atoms with Crippen LogP contribution in [-0.2, 0) is 18.7 Å². The van der Waals surface area contributed by atoms with E-state index in [4.69, 9.17) is 11.6 Å². The predicted molar refractivity (Wildman–Crippen MR) is 81.2 cm³/mol. The van der Waals surface area contributed by atoms with Gasteiger partial charge in [0.1, 0.15) is 11.6 Å². The molecule has 0 spiro atoms. The molecule has 1 atom stereocenters. The maximum atomic E-state index is 5.99. The molecule has 1 heterocycles. The van der Waals surface area contributed by atoms with Gasteiger partial charge < -0.3 is 4.57 Å². The zero-order chi connectivity index (χ0) is 14.1. The number of hydrogen-bond acceptors (Lipinski definition) is 2. The van der Waals surface area contributed by atoms with Crippen molar-refractivity contribution < 1.29 is 0 Å². The van der Waals surface area contributed by atoms with Gasteiger partial charge in [-0.05, 0) is 44.2 Å². The Morgan fingerprint density at radius 3 is 2.70 bits per heavy atom. The summed E-state index contributed by atoms with van der Waals surface area (Å²) in [5.74, 6) is 2.87. The summed E-state index contributed by atoms with van der Waals surface area (Å²) >= 11 is 5.99. The largest absolute Gasteiger partial charge is 0.311 e. The van der Waals surface area contributed by atoms with E-state index in [0.717, 1.165) is 30.9 Å². The van der Waals surface area contributed by atoms with Crippen LogP contribution >= 0.6 is 11.6 Å². The van der Waals surface area contributed by atoms with Crippen molar-refractivity contribution in [3.8, 4) is 0 Å². The second-order valence-electron chi connectivity index (χ2n) is 5.78. The lowest BCUT2D eigenvalue weighted by atomic mass is 9.83. The average molecular weight is 290 g/mol. The molecular formula is C16H20ClN3. The summed E-state index contributed by atoms with van der Waals surface area (Å²) in [6, 6.07) is 9.08. The maximum Gasteiger partial charge on any atom is 0.148 e. The Kier molecular flexibility index (Phi) is 3.79. The van der Waals surface area contributed by atoms with E-state index in [9.17, 15) is 0 Å². The molecule has 0 N–H and O–H groups in total. The minimum Gasteiger partial charge on any atom is -0.311 e. The number of halogens is 1. The van der Waals surface area contributed by atoms with E-state index in [-0.39, 0.29) is 0 Å². The minimum atomic E-state index is 0.353. The van der Waals surface area contributed by atoms with E-state index in [1.54, 1.807) is 0 Å². The Morgan fingerprint density at radius 1 is 1.25 bits per heavy atom. The topological polar surface area (TPSA) is 30.7 Å². The van der Waals surface area contributed by atoms with Crippen LogP contribution in [0, 0.1) is 0 Å². The Labute approximate surface area is 125 Å². The van der Waals surface area contributed by atoms with E-state index >= 15 is 0 Å². The van der Waals surface area contributed by atoms with Crippen LogP contribution in [0.2, 0.25) is 0 Å². The van der Waals surface area contributed by atoms with Gasteiger partial charge in [0.05, 0.1) is 5.88 Å². The first-order valence-corrected chi connectivity index (χ1v) is 7.80. The molecule has 20 heavy (non-hydrogen) atoms. The molecule has 0 saturated heterocycles. The fourth-order valence-electron chi connectivity index (χ4n) is 3.19. The third-order valence-corrected chi connectivity index (χ3v) is 4.38. The number of aryl methyl sites for hydroxylation is 1. The molecule has 3 rings (SSSR count). The number of nitrogens with zero attached hydrogens (tertiary/aromatic N) is 3. The third-order valence-electron chi connectivity index (χ3n) is 4.14. The number of alkyl halides is 1. The van der Waals surface area contributed by atoms with Gasteiger partial charge in [0, 0.05) is 12.0 Å². The number of benzene rings is 1. The van der Waals surface area contributed by atoms with Crippen molar-refractivity contribution in [2.45, 2.75) is 50.9 Å². The second kappa shape index (κ2) is 5.57.